The molecule has 0 saturated carbocycles. The summed E-state index contributed by atoms with van der Waals surface area (Å²) in [4.78, 5) is 6.91. The SMILES string of the molecule is CCC1CCCN1c1ccc(Cl)c(CN)n1. The molecule has 16 heavy (non-hydrogen) atoms. The molecule has 2 N–H and O–H groups in total. The van der Waals surface area contributed by atoms with E-state index in [9.17, 15) is 0 Å². The molecule has 0 amide bonds. The number of nitrogens with zero attached hydrogens (tertiary/aromatic N) is 2. The first kappa shape index (κ1) is 11.7. The summed E-state index contributed by atoms with van der Waals surface area (Å²) in [6, 6.07) is 4.52. The van der Waals surface area contributed by atoms with Crippen LogP contribution in [-0.2, 0) is 6.54 Å². The summed E-state index contributed by atoms with van der Waals surface area (Å²) >= 11 is 6.01. The van der Waals surface area contributed by atoms with Gasteiger partial charge in [0.1, 0.15) is 5.82 Å². The summed E-state index contributed by atoms with van der Waals surface area (Å²) in [5, 5.41) is 0.665. The number of pyridine rings is 1. The van der Waals surface area contributed by atoms with E-state index in [1.807, 2.05) is 12.1 Å². The minimum absolute atomic E-state index is 0.400. The van der Waals surface area contributed by atoms with Crippen molar-refractivity contribution in [2.45, 2.75) is 38.8 Å². The minimum atomic E-state index is 0.400. The van der Waals surface area contributed by atoms with Crippen molar-refractivity contribution in [2.75, 3.05) is 11.4 Å². The zero-order valence-electron chi connectivity index (χ0n) is 9.62. The van der Waals surface area contributed by atoms with Gasteiger partial charge in [-0.3, -0.25) is 0 Å². The first-order valence-corrected chi connectivity index (χ1v) is 6.26. The van der Waals surface area contributed by atoms with E-state index in [1.54, 1.807) is 0 Å². The Balaban J connectivity index is 2.26. The lowest BCUT2D eigenvalue weighted by molar-refractivity contribution is 0.639. The molecule has 1 fully saturated rings. The van der Waals surface area contributed by atoms with Crippen molar-refractivity contribution in [3.8, 4) is 0 Å². The molecule has 88 valence electrons. The second kappa shape index (κ2) is 5.02. The normalized spacial score (nSPS) is 20.4. The molecular weight excluding hydrogens is 222 g/mol. The van der Waals surface area contributed by atoms with E-state index in [0.717, 1.165) is 18.1 Å². The van der Waals surface area contributed by atoms with Gasteiger partial charge in [0.15, 0.2) is 0 Å². The zero-order chi connectivity index (χ0) is 11.5. The number of aromatic nitrogens is 1. The molecule has 0 aliphatic carbocycles. The fraction of sp³-hybridized carbons (Fsp3) is 0.583. The van der Waals surface area contributed by atoms with Gasteiger partial charge >= 0.3 is 0 Å². The van der Waals surface area contributed by atoms with E-state index in [2.05, 4.69) is 16.8 Å². The van der Waals surface area contributed by atoms with E-state index in [-0.39, 0.29) is 0 Å². The maximum atomic E-state index is 6.01. The number of anilines is 1. The van der Waals surface area contributed by atoms with Crippen LogP contribution in [0.1, 0.15) is 31.9 Å². The fourth-order valence-electron chi connectivity index (χ4n) is 2.34. The number of nitrogens with two attached hydrogens (primary N) is 1. The highest BCUT2D eigenvalue weighted by atomic mass is 35.5. The largest absolute Gasteiger partial charge is 0.354 e. The molecule has 2 heterocycles. The van der Waals surface area contributed by atoms with Crippen LogP contribution in [0.15, 0.2) is 12.1 Å². The van der Waals surface area contributed by atoms with Crippen LogP contribution in [0.4, 0.5) is 5.82 Å². The Morgan fingerprint density at radius 3 is 3.06 bits per heavy atom. The molecule has 1 aliphatic heterocycles. The van der Waals surface area contributed by atoms with Gasteiger partial charge in [-0.1, -0.05) is 18.5 Å². The Labute approximate surface area is 102 Å². The van der Waals surface area contributed by atoms with Crippen molar-refractivity contribution in [2.24, 2.45) is 5.73 Å². The van der Waals surface area contributed by atoms with Crippen molar-refractivity contribution in [1.29, 1.82) is 0 Å². The highest BCUT2D eigenvalue weighted by Crippen LogP contribution is 2.27. The van der Waals surface area contributed by atoms with E-state index in [4.69, 9.17) is 17.3 Å². The Kier molecular flexibility index (Phi) is 3.66. The predicted molar refractivity (Wildman–Crippen MR) is 67.8 cm³/mol. The third-order valence-corrected chi connectivity index (χ3v) is 3.58. The summed E-state index contributed by atoms with van der Waals surface area (Å²) in [6.45, 7) is 3.72. The van der Waals surface area contributed by atoms with Crippen LogP contribution in [0, 0.1) is 0 Å². The molecule has 1 atom stereocenters. The van der Waals surface area contributed by atoms with Gasteiger partial charge in [0.25, 0.3) is 0 Å². The molecule has 0 bridgehead atoms. The first-order chi connectivity index (χ1) is 7.76. The predicted octanol–water partition coefficient (Wildman–Crippen LogP) is 2.57. The first-order valence-electron chi connectivity index (χ1n) is 5.88. The minimum Gasteiger partial charge on any atom is -0.354 e. The molecule has 4 heteroatoms. The Morgan fingerprint density at radius 1 is 1.56 bits per heavy atom. The standard InChI is InChI=1S/C12H18ClN3/c1-2-9-4-3-7-16(9)12-6-5-10(13)11(8-14)15-12/h5-6,9H,2-4,7-8,14H2,1H3. The molecule has 1 aliphatic rings. The molecule has 1 saturated heterocycles. The number of hydrogen-bond donors (Lipinski definition) is 1. The van der Waals surface area contributed by atoms with Crippen LogP contribution in [0.3, 0.4) is 0 Å². The zero-order valence-corrected chi connectivity index (χ0v) is 10.4. The maximum absolute atomic E-state index is 6.01. The van der Waals surface area contributed by atoms with Crippen molar-refractivity contribution in [3.63, 3.8) is 0 Å². The lowest BCUT2D eigenvalue weighted by Gasteiger charge is -2.25. The average Bonchev–Trinajstić information content (AvgIpc) is 2.78. The fourth-order valence-corrected chi connectivity index (χ4v) is 2.52. The quantitative estimate of drug-likeness (QED) is 0.882. The molecule has 0 radical (unpaired) electrons. The van der Waals surface area contributed by atoms with Crippen LogP contribution >= 0.6 is 11.6 Å². The Bertz CT molecular complexity index is 367. The van der Waals surface area contributed by atoms with Crippen molar-refractivity contribution >= 4 is 17.4 Å². The summed E-state index contributed by atoms with van der Waals surface area (Å²) in [6.07, 6.45) is 3.68. The number of halogens is 1. The van der Waals surface area contributed by atoms with Crippen LogP contribution in [0.2, 0.25) is 5.02 Å². The second-order valence-electron chi connectivity index (χ2n) is 4.20. The topological polar surface area (TPSA) is 42.1 Å². The van der Waals surface area contributed by atoms with Gasteiger partial charge < -0.3 is 10.6 Å². The Morgan fingerprint density at radius 2 is 2.38 bits per heavy atom. The third-order valence-electron chi connectivity index (χ3n) is 3.24. The maximum Gasteiger partial charge on any atom is 0.129 e. The summed E-state index contributed by atoms with van der Waals surface area (Å²) in [5.41, 5.74) is 6.41. The monoisotopic (exact) mass is 239 g/mol. The van der Waals surface area contributed by atoms with Crippen LogP contribution in [0.25, 0.3) is 0 Å². The summed E-state index contributed by atoms with van der Waals surface area (Å²) in [7, 11) is 0. The Hall–Kier alpha value is -0.800. The average molecular weight is 240 g/mol. The van der Waals surface area contributed by atoms with Crippen LogP contribution < -0.4 is 10.6 Å². The van der Waals surface area contributed by atoms with E-state index in [1.165, 1.54) is 19.3 Å². The third kappa shape index (κ3) is 2.15. The van der Waals surface area contributed by atoms with Gasteiger partial charge in [0, 0.05) is 19.1 Å². The lowest BCUT2D eigenvalue weighted by atomic mass is 10.2. The van der Waals surface area contributed by atoms with Gasteiger partial charge in [-0.05, 0) is 31.4 Å². The molecule has 1 aromatic heterocycles. The second-order valence-corrected chi connectivity index (χ2v) is 4.61. The van der Waals surface area contributed by atoms with E-state index >= 15 is 0 Å². The van der Waals surface area contributed by atoms with Crippen LogP contribution in [-0.4, -0.2) is 17.6 Å². The van der Waals surface area contributed by atoms with Crippen molar-refractivity contribution in [1.82, 2.24) is 4.98 Å². The van der Waals surface area contributed by atoms with E-state index < -0.39 is 0 Å². The number of hydrogen-bond acceptors (Lipinski definition) is 3. The van der Waals surface area contributed by atoms with Gasteiger partial charge in [0.05, 0.1) is 10.7 Å². The van der Waals surface area contributed by atoms with Crippen molar-refractivity contribution in [3.05, 3.63) is 22.8 Å². The highest BCUT2D eigenvalue weighted by Gasteiger charge is 2.24. The lowest BCUT2D eigenvalue weighted by Crippen LogP contribution is -2.29. The van der Waals surface area contributed by atoms with E-state index in [0.29, 0.717) is 17.6 Å². The molecule has 1 unspecified atom stereocenters. The molecule has 2 rings (SSSR count). The molecule has 0 aromatic carbocycles. The smallest absolute Gasteiger partial charge is 0.129 e. The molecule has 0 spiro atoms. The van der Waals surface area contributed by atoms with Crippen molar-refractivity contribution < 1.29 is 0 Å². The highest BCUT2D eigenvalue weighted by molar-refractivity contribution is 6.31. The van der Waals surface area contributed by atoms with Crippen LogP contribution in [0.5, 0.6) is 0 Å². The number of rotatable bonds is 3. The summed E-state index contributed by atoms with van der Waals surface area (Å²) < 4.78 is 0. The van der Waals surface area contributed by atoms with Gasteiger partial charge in [-0.15, -0.1) is 0 Å². The molecule has 3 nitrogen and oxygen atoms in total. The van der Waals surface area contributed by atoms with Gasteiger partial charge in [-0.25, -0.2) is 4.98 Å². The summed E-state index contributed by atoms with van der Waals surface area (Å²) in [5.74, 6) is 1.02. The van der Waals surface area contributed by atoms with Gasteiger partial charge in [-0.2, -0.15) is 0 Å². The van der Waals surface area contributed by atoms with Gasteiger partial charge in [0.2, 0.25) is 0 Å². The molecular formula is C12H18ClN3. The molecule has 1 aromatic rings.